The third-order valence-electron chi connectivity index (χ3n) is 5.72. The minimum absolute atomic E-state index is 0.0346. The molecule has 9 nitrogen and oxygen atoms in total. The normalized spacial score (nSPS) is 12.4. The van der Waals surface area contributed by atoms with Crippen LogP contribution in [-0.2, 0) is 37.9 Å². The van der Waals surface area contributed by atoms with Crippen LogP contribution < -0.4 is 0 Å². The zero-order valence-electron chi connectivity index (χ0n) is 24.7. The molecule has 0 aliphatic rings. The van der Waals surface area contributed by atoms with Crippen molar-refractivity contribution in [3.05, 3.63) is 0 Å². The smallest absolute Gasteiger partial charge is 0.0781 e. The number of rotatable bonds is 34. The van der Waals surface area contributed by atoms with Gasteiger partial charge in [-0.2, -0.15) is 0 Å². The van der Waals surface area contributed by atoms with E-state index in [9.17, 15) is 0 Å². The fraction of sp³-hybridized carbons (Fsp3) is 1.00. The summed E-state index contributed by atoms with van der Waals surface area (Å²) in [5.41, 5.74) is 0. The van der Waals surface area contributed by atoms with Crippen LogP contribution in [0.15, 0.2) is 0 Å². The molecule has 0 rings (SSSR count). The van der Waals surface area contributed by atoms with Gasteiger partial charge in [-0.1, -0.05) is 64.7 Å². The van der Waals surface area contributed by atoms with E-state index in [0.717, 1.165) is 13.0 Å². The first-order valence-electron chi connectivity index (χ1n) is 15.1. The number of hydrogen-bond donors (Lipinski definition) is 1. The molecule has 0 heterocycles. The molecule has 1 atom stereocenters. The minimum Gasteiger partial charge on any atom is -0.394 e. The molecule has 0 saturated heterocycles. The van der Waals surface area contributed by atoms with Crippen LogP contribution >= 0.6 is 0 Å². The summed E-state index contributed by atoms with van der Waals surface area (Å²) < 4.78 is 43.8. The van der Waals surface area contributed by atoms with E-state index in [0.29, 0.717) is 92.5 Å². The number of aliphatic hydroxyl groups is 1. The Bertz CT molecular complexity index is 416. The second-order valence-electron chi connectivity index (χ2n) is 9.34. The fourth-order valence-electron chi connectivity index (χ4n) is 3.56. The molecule has 0 aliphatic carbocycles. The first-order chi connectivity index (χ1) is 18.8. The molecular weight excluding hydrogens is 492 g/mol. The lowest BCUT2D eigenvalue weighted by atomic mass is 10.1. The predicted octanol–water partition coefficient (Wildman–Crippen LogP) is 4.42. The molecule has 0 aromatic rings. The van der Waals surface area contributed by atoms with Crippen LogP contribution in [0.2, 0.25) is 0 Å². The van der Waals surface area contributed by atoms with Gasteiger partial charge in [-0.3, -0.25) is 0 Å². The van der Waals surface area contributed by atoms with Crippen molar-refractivity contribution >= 4 is 0 Å². The topological polar surface area (TPSA) is 94.1 Å². The summed E-state index contributed by atoms with van der Waals surface area (Å²) >= 11 is 0. The maximum Gasteiger partial charge on any atom is 0.0781 e. The summed E-state index contributed by atoms with van der Waals surface area (Å²) in [5.74, 6) is 0. The van der Waals surface area contributed by atoms with Crippen molar-refractivity contribution in [1.82, 2.24) is 0 Å². The van der Waals surface area contributed by atoms with Crippen molar-refractivity contribution in [3.63, 3.8) is 0 Å². The molecule has 1 unspecified atom stereocenters. The number of ether oxygens (including phenoxy) is 8. The molecule has 0 amide bonds. The molecule has 38 heavy (non-hydrogen) atoms. The third kappa shape index (κ3) is 33.7. The summed E-state index contributed by atoms with van der Waals surface area (Å²) in [6.45, 7) is 12.5. The van der Waals surface area contributed by atoms with Gasteiger partial charge >= 0.3 is 0 Å². The number of aliphatic hydroxyl groups excluding tert-OH is 1. The van der Waals surface area contributed by atoms with Crippen LogP contribution in [0.4, 0.5) is 0 Å². The molecule has 9 heteroatoms. The summed E-state index contributed by atoms with van der Waals surface area (Å²) in [6.07, 6.45) is 13.5. The third-order valence-corrected chi connectivity index (χ3v) is 5.72. The van der Waals surface area contributed by atoms with Crippen LogP contribution in [0.25, 0.3) is 0 Å². The Morgan fingerprint density at radius 2 is 0.789 bits per heavy atom. The summed E-state index contributed by atoms with van der Waals surface area (Å²) in [7, 11) is 0. The first-order valence-corrected chi connectivity index (χ1v) is 15.1. The molecule has 0 bridgehead atoms. The van der Waals surface area contributed by atoms with E-state index in [4.69, 9.17) is 43.0 Å². The van der Waals surface area contributed by atoms with Gasteiger partial charge in [0, 0.05) is 6.61 Å². The lowest BCUT2D eigenvalue weighted by molar-refractivity contribution is -0.0414. The Hall–Kier alpha value is -0.360. The van der Waals surface area contributed by atoms with Crippen molar-refractivity contribution in [2.45, 2.75) is 84.2 Å². The quantitative estimate of drug-likeness (QED) is 0.116. The average molecular weight is 553 g/mol. The SMILES string of the molecule is CCCCCCCCCCCCOCC(C)OCCOCCOCCOCCOCCOCCOCCO. The fourth-order valence-corrected chi connectivity index (χ4v) is 3.56. The molecular formula is C29H60O9. The highest BCUT2D eigenvalue weighted by Crippen LogP contribution is 2.10. The Labute approximate surface area is 233 Å². The zero-order valence-corrected chi connectivity index (χ0v) is 24.7. The van der Waals surface area contributed by atoms with Crippen molar-refractivity contribution in [1.29, 1.82) is 0 Å². The molecule has 0 aromatic carbocycles. The van der Waals surface area contributed by atoms with E-state index in [1.54, 1.807) is 0 Å². The lowest BCUT2D eigenvalue weighted by Gasteiger charge is -2.13. The van der Waals surface area contributed by atoms with Gasteiger partial charge in [0.25, 0.3) is 0 Å². The Balaban J connectivity index is 3.12. The predicted molar refractivity (Wildman–Crippen MR) is 150 cm³/mol. The second kappa shape index (κ2) is 34.7. The van der Waals surface area contributed by atoms with Crippen molar-refractivity contribution < 1.29 is 43.0 Å². The average Bonchev–Trinajstić information content (AvgIpc) is 2.92. The van der Waals surface area contributed by atoms with Crippen molar-refractivity contribution in [2.24, 2.45) is 0 Å². The molecule has 230 valence electrons. The van der Waals surface area contributed by atoms with E-state index >= 15 is 0 Å². The summed E-state index contributed by atoms with van der Waals surface area (Å²) in [5, 5.41) is 8.57. The highest BCUT2D eigenvalue weighted by Gasteiger charge is 2.02. The van der Waals surface area contributed by atoms with Gasteiger partial charge in [-0.25, -0.2) is 0 Å². The van der Waals surface area contributed by atoms with Gasteiger partial charge in [0.05, 0.1) is 105 Å². The Kier molecular flexibility index (Phi) is 34.3. The van der Waals surface area contributed by atoms with Crippen molar-refractivity contribution in [3.8, 4) is 0 Å². The van der Waals surface area contributed by atoms with Crippen LogP contribution in [0.1, 0.15) is 78.1 Å². The van der Waals surface area contributed by atoms with Gasteiger partial charge in [-0.05, 0) is 13.3 Å². The van der Waals surface area contributed by atoms with E-state index in [2.05, 4.69) is 6.92 Å². The largest absolute Gasteiger partial charge is 0.394 e. The number of unbranched alkanes of at least 4 members (excludes halogenated alkanes) is 9. The Morgan fingerprint density at radius 1 is 0.421 bits per heavy atom. The maximum atomic E-state index is 8.57. The molecule has 0 aliphatic heterocycles. The maximum absolute atomic E-state index is 8.57. The molecule has 0 aromatic heterocycles. The standard InChI is InChI=1S/C29H60O9/c1-3-4-5-6-7-8-9-10-11-12-14-37-28-29(2)38-27-26-36-25-24-35-23-22-34-21-20-33-19-18-32-17-16-31-15-13-30/h29-30H,3-28H2,1-2H3. The summed E-state index contributed by atoms with van der Waals surface area (Å²) in [4.78, 5) is 0. The molecule has 0 saturated carbocycles. The lowest BCUT2D eigenvalue weighted by Crippen LogP contribution is -2.19. The molecule has 0 spiro atoms. The Morgan fingerprint density at radius 3 is 1.21 bits per heavy atom. The monoisotopic (exact) mass is 552 g/mol. The highest BCUT2D eigenvalue weighted by atomic mass is 16.6. The van der Waals surface area contributed by atoms with E-state index in [-0.39, 0.29) is 12.7 Å². The van der Waals surface area contributed by atoms with Gasteiger partial charge in [0.2, 0.25) is 0 Å². The van der Waals surface area contributed by atoms with E-state index in [1.165, 1.54) is 57.8 Å². The van der Waals surface area contributed by atoms with Gasteiger partial charge in [0.1, 0.15) is 0 Å². The van der Waals surface area contributed by atoms with Crippen molar-refractivity contribution in [2.75, 3.05) is 106 Å². The van der Waals surface area contributed by atoms with Gasteiger partial charge in [0.15, 0.2) is 0 Å². The van der Waals surface area contributed by atoms with E-state index < -0.39 is 0 Å². The minimum atomic E-state index is 0.0346. The van der Waals surface area contributed by atoms with Crippen LogP contribution in [0, 0.1) is 0 Å². The number of hydrogen-bond acceptors (Lipinski definition) is 9. The van der Waals surface area contributed by atoms with Crippen LogP contribution in [0.3, 0.4) is 0 Å². The second-order valence-corrected chi connectivity index (χ2v) is 9.34. The summed E-state index contributed by atoms with van der Waals surface area (Å²) in [6, 6.07) is 0. The van der Waals surface area contributed by atoms with E-state index in [1.807, 2.05) is 6.92 Å². The molecule has 0 radical (unpaired) electrons. The van der Waals surface area contributed by atoms with Gasteiger partial charge < -0.3 is 43.0 Å². The highest BCUT2D eigenvalue weighted by molar-refractivity contribution is 4.50. The molecule has 0 fully saturated rings. The zero-order chi connectivity index (χ0) is 27.6. The van der Waals surface area contributed by atoms with Gasteiger partial charge in [-0.15, -0.1) is 0 Å². The first kappa shape index (κ1) is 37.6. The molecule has 1 N–H and O–H groups in total. The van der Waals surface area contributed by atoms with Crippen LogP contribution in [0.5, 0.6) is 0 Å². The van der Waals surface area contributed by atoms with Crippen LogP contribution in [-0.4, -0.2) is 117 Å².